The predicted octanol–water partition coefficient (Wildman–Crippen LogP) is 3.37. The highest BCUT2D eigenvalue weighted by Crippen LogP contribution is 2.05. The SMILES string of the molecule is CN(Cc1ccccc1)C(=S)NC(=O)C=Cc1ccc(F)cc1. The van der Waals surface area contributed by atoms with Gasteiger partial charge in [0.15, 0.2) is 5.11 Å². The van der Waals surface area contributed by atoms with E-state index < -0.39 is 0 Å². The smallest absolute Gasteiger partial charge is 0.250 e. The maximum Gasteiger partial charge on any atom is 0.250 e. The van der Waals surface area contributed by atoms with Crippen LogP contribution in [0, 0.1) is 5.82 Å². The molecular formula is C18H17FN2OS. The first-order valence-corrected chi connectivity index (χ1v) is 7.49. The molecule has 2 aromatic rings. The Morgan fingerprint density at radius 1 is 1.17 bits per heavy atom. The highest BCUT2D eigenvalue weighted by Gasteiger charge is 2.07. The third-order valence-electron chi connectivity index (χ3n) is 3.14. The molecule has 0 aromatic heterocycles. The summed E-state index contributed by atoms with van der Waals surface area (Å²) >= 11 is 5.21. The van der Waals surface area contributed by atoms with E-state index in [0.717, 1.165) is 11.1 Å². The minimum atomic E-state index is -0.320. The van der Waals surface area contributed by atoms with Crippen LogP contribution in [0.5, 0.6) is 0 Å². The van der Waals surface area contributed by atoms with Gasteiger partial charge in [-0.3, -0.25) is 10.1 Å². The van der Waals surface area contributed by atoms with Crippen molar-refractivity contribution in [2.45, 2.75) is 6.54 Å². The second-order valence-electron chi connectivity index (χ2n) is 5.02. The van der Waals surface area contributed by atoms with Crippen LogP contribution in [0.4, 0.5) is 4.39 Å². The van der Waals surface area contributed by atoms with Crippen LogP contribution in [0.15, 0.2) is 60.7 Å². The van der Waals surface area contributed by atoms with E-state index >= 15 is 0 Å². The van der Waals surface area contributed by atoms with Crippen LogP contribution in [0.3, 0.4) is 0 Å². The lowest BCUT2D eigenvalue weighted by molar-refractivity contribution is -0.115. The van der Waals surface area contributed by atoms with Gasteiger partial charge in [0, 0.05) is 19.7 Å². The van der Waals surface area contributed by atoms with Gasteiger partial charge in [0.1, 0.15) is 5.82 Å². The molecule has 5 heteroatoms. The first-order chi connectivity index (χ1) is 11.0. The first kappa shape index (κ1) is 16.8. The van der Waals surface area contributed by atoms with Crippen molar-refractivity contribution in [3.8, 4) is 0 Å². The molecule has 0 spiro atoms. The van der Waals surface area contributed by atoms with Crippen molar-refractivity contribution >= 4 is 29.3 Å². The number of carbonyl (C=O) groups excluding carboxylic acids is 1. The van der Waals surface area contributed by atoms with Crippen LogP contribution < -0.4 is 5.32 Å². The van der Waals surface area contributed by atoms with Gasteiger partial charge >= 0.3 is 0 Å². The molecule has 1 N–H and O–H groups in total. The summed E-state index contributed by atoms with van der Waals surface area (Å²) in [6.07, 6.45) is 2.98. The van der Waals surface area contributed by atoms with Crippen LogP contribution in [0.1, 0.15) is 11.1 Å². The summed E-state index contributed by atoms with van der Waals surface area (Å²) in [6, 6.07) is 15.7. The van der Waals surface area contributed by atoms with Crippen LogP contribution >= 0.6 is 12.2 Å². The molecule has 0 radical (unpaired) electrons. The van der Waals surface area contributed by atoms with Gasteiger partial charge in [0.25, 0.3) is 0 Å². The summed E-state index contributed by atoms with van der Waals surface area (Å²) in [4.78, 5) is 13.7. The molecule has 2 aromatic carbocycles. The van der Waals surface area contributed by atoms with E-state index in [1.165, 1.54) is 18.2 Å². The molecule has 0 saturated heterocycles. The fourth-order valence-electron chi connectivity index (χ4n) is 1.92. The fourth-order valence-corrected chi connectivity index (χ4v) is 2.08. The first-order valence-electron chi connectivity index (χ1n) is 7.08. The summed E-state index contributed by atoms with van der Waals surface area (Å²) in [5.41, 5.74) is 1.85. The number of thiocarbonyl (C=S) groups is 1. The van der Waals surface area contributed by atoms with Crippen molar-refractivity contribution in [1.82, 2.24) is 10.2 Å². The number of halogens is 1. The van der Waals surface area contributed by atoms with E-state index in [1.807, 2.05) is 37.4 Å². The molecule has 1 amide bonds. The van der Waals surface area contributed by atoms with Crippen molar-refractivity contribution in [3.05, 3.63) is 77.6 Å². The third-order valence-corrected chi connectivity index (χ3v) is 3.55. The highest BCUT2D eigenvalue weighted by atomic mass is 32.1. The molecule has 23 heavy (non-hydrogen) atoms. The maximum absolute atomic E-state index is 12.8. The predicted molar refractivity (Wildman–Crippen MR) is 94.1 cm³/mol. The van der Waals surface area contributed by atoms with Gasteiger partial charge in [-0.05, 0) is 41.6 Å². The third kappa shape index (κ3) is 5.64. The van der Waals surface area contributed by atoms with E-state index in [9.17, 15) is 9.18 Å². The number of nitrogens with one attached hydrogen (secondary N) is 1. The Hall–Kier alpha value is -2.53. The second-order valence-corrected chi connectivity index (χ2v) is 5.41. The van der Waals surface area contributed by atoms with E-state index in [1.54, 1.807) is 23.1 Å². The molecule has 0 aliphatic heterocycles. The largest absolute Gasteiger partial charge is 0.348 e. The number of hydrogen-bond acceptors (Lipinski definition) is 2. The monoisotopic (exact) mass is 328 g/mol. The number of carbonyl (C=O) groups is 1. The Balaban J connectivity index is 1.86. The number of hydrogen-bond donors (Lipinski definition) is 1. The Kier molecular flexibility index (Phi) is 6.00. The van der Waals surface area contributed by atoms with Gasteiger partial charge < -0.3 is 4.90 Å². The average Bonchev–Trinajstić information content (AvgIpc) is 2.55. The number of benzene rings is 2. The normalized spacial score (nSPS) is 10.5. The number of amides is 1. The zero-order valence-electron chi connectivity index (χ0n) is 12.7. The molecule has 0 unspecified atom stereocenters. The van der Waals surface area contributed by atoms with Crippen molar-refractivity contribution < 1.29 is 9.18 Å². The van der Waals surface area contributed by atoms with E-state index in [-0.39, 0.29) is 11.7 Å². The summed E-state index contributed by atoms with van der Waals surface area (Å²) in [5, 5.41) is 2.99. The Bertz CT molecular complexity index is 699. The second kappa shape index (κ2) is 8.19. The number of rotatable bonds is 4. The lowest BCUT2D eigenvalue weighted by atomic mass is 10.2. The fraction of sp³-hybridized carbons (Fsp3) is 0.111. The molecule has 0 aliphatic carbocycles. The van der Waals surface area contributed by atoms with Gasteiger partial charge in [-0.1, -0.05) is 42.5 Å². The summed E-state index contributed by atoms with van der Waals surface area (Å²) < 4.78 is 12.8. The van der Waals surface area contributed by atoms with E-state index in [2.05, 4.69) is 5.32 Å². The molecule has 2 rings (SSSR count). The molecule has 3 nitrogen and oxygen atoms in total. The van der Waals surface area contributed by atoms with E-state index in [0.29, 0.717) is 11.7 Å². The van der Waals surface area contributed by atoms with Crippen molar-refractivity contribution in [2.75, 3.05) is 7.05 Å². The Morgan fingerprint density at radius 2 is 1.83 bits per heavy atom. The average molecular weight is 328 g/mol. The quantitative estimate of drug-likeness (QED) is 0.690. The summed E-state index contributed by atoms with van der Waals surface area (Å²) in [5.74, 6) is -0.630. The van der Waals surface area contributed by atoms with Gasteiger partial charge in [0.05, 0.1) is 0 Å². The lowest BCUT2D eigenvalue weighted by Crippen LogP contribution is -2.39. The van der Waals surface area contributed by atoms with Crippen LogP contribution in [-0.2, 0) is 11.3 Å². The molecule has 0 bridgehead atoms. The van der Waals surface area contributed by atoms with Crippen molar-refractivity contribution in [1.29, 1.82) is 0 Å². The summed E-state index contributed by atoms with van der Waals surface area (Å²) in [6.45, 7) is 0.613. The summed E-state index contributed by atoms with van der Waals surface area (Å²) in [7, 11) is 1.82. The van der Waals surface area contributed by atoms with Gasteiger partial charge in [0.2, 0.25) is 5.91 Å². The van der Waals surface area contributed by atoms with E-state index in [4.69, 9.17) is 12.2 Å². The molecular weight excluding hydrogens is 311 g/mol. The zero-order valence-corrected chi connectivity index (χ0v) is 13.5. The minimum Gasteiger partial charge on any atom is -0.348 e. The molecule has 0 fully saturated rings. The van der Waals surface area contributed by atoms with Crippen LogP contribution in [0.25, 0.3) is 6.08 Å². The van der Waals surface area contributed by atoms with Crippen LogP contribution in [-0.4, -0.2) is 23.0 Å². The Labute approximate surface area is 140 Å². The lowest BCUT2D eigenvalue weighted by Gasteiger charge is -2.19. The molecule has 0 aliphatic rings. The Morgan fingerprint density at radius 3 is 2.48 bits per heavy atom. The topological polar surface area (TPSA) is 32.3 Å². The molecule has 0 heterocycles. The zero-order chi connectivity index (χ0) is 16.7. The molecule has 0 atom stereocenters. The minimum absolute atomic E-state index is 0.310. The van der Waals surface area contributed by atoms with Gasteiger partial charge in [-0.25, -0.2) is 4.39 Å². The van der Waals surface area contributed by atoms with Crippen molar-refractivity contribution in [2.24, 2.45) is 0 Å². The van der Waals surface area contributed by atoms with Gasteiger partial charge in [-0.15, -0.1) is 0 Å². The van der Waals surface area contributed by atoms with Gasteiger partial charge in [-0.2, -0.15) is 0 Å². The highest BCUT2D eigenvalue weighted by molar-refractivity contribution is 7.80. The molecule has 118 valence electrons. The van der Waals surface area contributed by atoms with Crippen molar-refractivity contribution in [3.63, 3.8) is 0 Å². The number of nitrogens with zero attached hydrogens (tertiary/aromatic N) is 1. The maximum atomic E-state index is 12.8. The molecule has 0 saturated carbocycles. The van der Waals surface area contributed by atoms with Crippen LogP contribution in [0.2, 0.25) is 0 Å². The standard InChI is InChI=1S/C18H17FN2OS/c1-21(13-15-5-3-2-4-6-15)18(23)20-17(22)12-9-14-7-10-16(19)11-8-14/h2-12H,13H2,1H3,(H,20,22,23).